The van der Waals surface area contributed by atoms with E-state index in [9.17, 15) is 4.39 Å². The Morgan fingerprint density at radius 1 is 1.35 bits per heavy atom. The summed E-state index contributed by atoms with van der Waals surface area (Å²) in [5.41, 5.74) is 4.33. The van der Waals surface area contributed by atoms with Crippen molar-refractivity contribution in [2.24, 2.45) is 4.99 Å². The Kier molecular flexibility index (Phi) is 3.20. The maximum atomic E-state index is 13.9. The summed E-state index contributed by atoms with van der Waals surface area (Å²) < 4.78 is 16.1. The number of allylic oxidation sites excluding steroid dienone is 2. The first-order valence-corrected chi connectivity index (χ1v) is 7.13. The van der Waals surface area contributed by atoms with Gasteiger partial charge < -0.3 is 4.57 Å². The van der Waals surface area contributed by atoms with Crippen molar-refractivity contribution in [3.63, 3.8) is 0 Å². The molecule has 0 saturated heterocycles. The van der Waals surface area contributed by atoms with Crippen LogP contribution in [0.3, 0.4) is 0 Å². The van der Waals surface area contributed by atoms with Gasteiger partial charge in [0.2, 0.25) is 0 Å². The van der Waals surface area contributed by atoms with E-state index in [4.69, 9.17) is 4.99 Å². The average Bonchev–Trinajstić information content (AvgIpc) is 2.78. The Bertz CT molecular complexity index is 720. The van der Waals surface area contributed by atoms with Crippen LogP contribution in [0, 0.1) is 5.82 Å². The zero-order valence-corrected chi connectivity index (χ0v) is 12.2. The third-order valence-electron chi connectivity index (χ3n) is 3.75. The Morgan fingerprint density at radius 2 is 2.15 bits per heavy atom. The van der Waals surface area contributed by atoms with Crippen LogP contribution < -0.4 is 0 Å². The molecule has 104 valence electrons. The molecule has 2 heterocycles. The lowest BCUT2D eigenvalue weighted by molar-refractivity contribution is 0.639. The summed E-state index contributed by atoms with van der Waals surface area (Å²) in [5, 5.41) is 0.702. The van der Waals surface area contributed by atoms with E-state index in [1.54, 1.807) is 6.07 Å². The molecule has 3 heteroatoms. The van der Waals surface area contributed by atoms with E-state index >= 15 is 0 Å². The van der Waals surface area contributed by atoms with Crippen LogP contribution in [0.5, 0.6) is 0 Å². The molecule has 0 N–H and O–H groups in total. The van der Waals surface area contributed by atoms with Gasteiger partial charge in [0.25, 0.3) is 0 Å². The number of aryl methyl sites for hydroxylation is 1. The number of rotatable bonds is 1. The first-order valence-electron chi connectivity index (χ1n) is 7.13. The second-order valence-electron chi connectivity index (χ2n) is 5.48. The van der Waals surface area contributed by atoms with Crippen LogP contribution in [-0.2, 0) is 6.54 Å². The molecule has 1 aromatic carbocycles. The van der Waals surface area contributed by atoms with E-state index in [0.717, 1.165) is 35.5 Å². The van der Waals surface area contributed by atoms with E-state index in [2.05, 4.69) is 24.5 Å². The molecule has 2 aromatic rings. The predicted molar refractivity (Wildman–Crippen MR) is 82.7 cm³/mol. The smallest absolute Gasteiger partial charge is 0.132 e. The van der Waals surface area contributed by atoms with E-state index in [1.807, 2.05) is 19.1 Å². The van der Waals surface area contributed by atoms with Crippen molar-refractivity contribution >= 4 is 22.2 Å². The first kappa shape index (κ1) is 13.1. The summed E-state index contributed by atoms with van der Waals surface area (Å²) in [6.45, 7) is 7.06. The molecular weight excluding hydrogens is 251 g/mol. The fraction of sp³-hybridized carbons (Fsp3) is 0.353. The SMILES string of the molecule is C/C=C1\C(=N/C(C)C)CCn2c1cc1c(F)cccc12. The van der Waals surface area contributed by atoms with Gasteiger partial charge in [0.05, 0.1) is 11.2 Å². The van der Waals surface area contributed by atoms with Crippen LogP contribution in [-0.4, -0.2) is 16.3 Å². The van der Waals surface area contributed by atoms with Crippen molar-refractivity contribution in [2.75, 3.05) is 0 Å². The predicted octanol–water partition coefficient (Wildman–Crippen LogP) is 4.44. The Morgan fingerprint density at radius 3 is 2.85 bits per heavy atom. The van der Waals surface area contributed by atoms with Crippen LogP contribution >= 0.6 is 0 Å². The molecule has 0 saturated carbocycles. The van der Waals surface area contributed by atoms with Gasteiger partial charge in [-0.05, 0) is 39.0 Å². The van der Waals surface area contributed by atoms with Crippen LogP contribution in [0.1, 0.15) is 32.9 Å². The second kappa shape index (κ2) is 4.89. The average molecular weight is 270 g/mol. The molecule has 0 aliphatic carbocycles. The van der Waals surface area contributed by atoms with Gasteiger partial charge in [0, 0.05) is 35.7 Å². The second-order valence-corrected chi connectivity index (χ2v) is 5.48. The molecule has 2 nitrogen and oxygen atoms in total. The van der Waals surface area contributed by atoms with Crippen molar-refractivity contribution in [2.45, 2.75) is 39.8 Å². The number of hydrogen-bond acceptors (Lipinski definition) is 1. The fourth-order valence-corrected chi connectivity index (χ4v) is 2.97. The van der Waals surface area contributed by atoms with Crippen molar-refractivity contribution in [3.05, 3.63) is 41.9 Å². The largest absolute Gasteiger partial charge is 0.340 e. The highest BCUT2D eigenvalue weighted by molar-refractivity contribution is 6.25. The van der Waals surface area contributed by atoms with Gasteiger partial charge in [-0.2, -0.15) is 0 Å². The molecule has 1 aliphatic heterocycles. The van der Waals surface area contributed by atoms with Crippen molar-refractivity contribution < 1.29 is 4.39 Å². The zero-order chi connectivity index (χ0) is 14.3. The summed E-state index contributed by atoms with van der Waals surface area (Å²) >= 11 is 0. The molecule has 0 bridgehead atoms. The van der Waals surface area contributed by atoms with E-state index in [0.29, 0.717) is 5.39 Å². The maximum Gasteiger partial charge on any atom is 0.132 e. The number of nitrogens with zero attached hydrogens (tertiary/aromatic N) is 2. The minimum Gasteiger partial charge on any atom is -0.340 e. The quantitative estimate of drug-likeness (QED) is 0.729. The topological polar surface area (TPSA) is 17.3 Å². The number of hydrogen-bond donors (Lipinski definition) is 0. The molecule has 0 unspecified atom stereocenters. The minimum absolute atomic E-state index is 0.151. The van der Waals surface area contributed by atoms with Crippen molar-refractivity contribution in [1.82, 2.24) is 4.57 Å². The highest BCUT2D eigenvalue weighted by Gasteiger charge is 2.22. The van der Waals surface area contributed by atoms with Crippen LogP contribution in [0.25, 0.3) is 16.5 Å². The molecular formula is C17H19FN2. The molecule has 1 aromatic heterocycles. The lowest BCUT2D eigenvalue weighted by Gasteiger charge is -2.22. The van der Waals surface area contributed by atoms with Gasteiger partial charge in [-0.1, -0.05) is 12.1 Å². The summed E-state index contributed by atoms with van der Waals surface area (Å²) in [4.78, 5) is 4.72. The minimum atomic E-state index is -0.151. The van der Waals surface area contributed by atoms with Gasteiger partial charge in [0.15, 0.2) is 0 Å². The standard InChI is InChI=1S/C17H19FN2/c1-4-12-15(19-11(2)3)8-9-20-16-7-5-6-14(18)13(16)10-17(12)20/h4-7,10-11H,8-9H2,1-3H3/b12-4+,19-15-. The number of aliphatic imine (C=N–C) groups is 1. The molecule has 20 heavy (non-hydrogen) atoms. The number of aromatic nitrogens is 1. The molecule has 0 spiro atoms. The van der Waals surface area contributed by atoms with Crippen molar-refractivity contribution in [1.29, 1.82) is 0 Å². The summed E-state index contributed by atoms with van der Waals surface area (Å²) in [5.74, 6) is -0.151. The number of benzene rings is 1. The maximum absolute atomic E-state index is 13.9. The van der Waals surface area contributed by atoms with E-state index in [-0.39, 0.29) is 11.9 Å². The molecule has 0 fully saturated rings. The van der Waals surface area contributed by atoms with Gasteiger partial charge in [0.1, 0.15) is 5.82 Å². The monoisotopic (exact) mass is 270 g/mol. The molecule has 1 aliphatic rings. The third-order valence-corrected chi connectivity index (χ3v) is 3.75. The van der Waals surface area contributed by atoms with Gasteiger partial charge in [-0.3, -0.25) is 4.99 Å². The number of halogens is 1. The molecule has 0 amide bonds. The summed E-state index contributed by atoms with van der Waals surface area (Å²) in [6, 6.07) is 7.52. The lowest BCUT2D eigenvalue weighted by atomic mass is 10.00. The Balaban J connectivity index is 2.23. The highest BCUT2D eigenvalue weighted by atomic mass is 19.1. The zero-order valence-electron chi connectivity index (χ0n) is 12.2. The normalized spacial score (nSPS) is 19.2. The van der Waals surface area contributed by atoms with Gasteiger partial charge in [-0.25, -0.2) is 4.39 Å². The first-order chi connectivity index (χ1) is 9.61. The fourth-order valence-electron chi connectivity index (χ4n) is 2.97. The van der Waals surface area contributed by atoms with Crippen molar-refractivity contribution in [3.8, 4) is 0 Å². The lowest BCUT2D eigenvalue weighted by Crippen LogP contribution is -2.18. The van der Waals surface area contributed by atoms with Gasteiger partial charge in [-0.15, -0.1) is 0 Å². The third kappa shape index (κ3) is 1.98. The van der Waals surface area contributed by atoms with Crippen LogP contribution in [0.15, 0.2) is 35.3 Å². The van der Waals surface area contributed by atoms with E-state index in [1.165, 1.54) is 6.07 Å². The number of fused-ring (bicyclic) bond motifs is 3. The highest BCUT2D eigenvalue weighted by Crippen LogP contribution is 2.32. The summed E-state index contributed by atoms with van der Waals surface area (Å²) in [7, 11) is 0. The molecule has 0 atom stereocenters. The Labute approximate surface area is 118 Å². The van der Waals surface area contributed by atoms with E-state index < -0.39 is 0 Å². The molecule has 3 rings (SSSR count). The van der Waals surface area contributed by atoms with Crippen LogP contribution in [0.2, 0.25) is 0 Å². The molecule has 0 radical (unpaired) electrons. The summed E-state index contributed by atoms with van der Waals surface area (Å²) in [6.07, 6.45) is 2.99. The Hall–Kier alpha value is -1.90. The van der Waals surface area contributed by atoms with Gasteiger partial charge >= 0.3 is 0 Å². The van der Waals surface area contributed by atoms with Crippen LogP contribution in [0.4, 0.5) is 4.39 Å².